The number of alkyl carbamates (subject to hydrolysis) is 1. The van der Waals surface area contributed by atoms with Crippen molar-refractivity contribution in [1.29, 1.82) is 0 Å². The second-order valence-corrected chi connectivity index (χ2v) is 5.55. The molecule has 3 nitrogen and oxygen atoms in total. The number of carbonyl (C=O) groups is 1. The summed E-state index contributed by atoms with van der Waals surface area (Å²) in [6.07, 6.45) is 0.947. The van der Waals surface area contributed by atoms with Crippen LogP contribution in [0.1, 0.15) is 44.7 Å². The van der Waals surface area contributed by atoms with Gasteiger partial charge in [0.1, 0.15) is 5.60 Å². The molecule has 0 atom stereocenters. The lowest BCUT2D eigenvalue weighted by atomic mass is 10.1. The van der Waals surface area contributed by atoms with Gasteiger partial charge < -0.3 is 10.1 Å². The zero-order valence-corrected chi connectivity index (χ0v) is 12.5. The molecular formula is C16H21F2NO2. The topological polar surface area (TPSA) is 38.3 Å². The number of alkyl halides is 2. The molecular weight excluding hydrogens is 276 g/mol. The van der Waals surface area contributed by atoms with E-state index >= 15 is 0 Å². The fourth-order valence-corrected chi connectivity index (χ4v) is 1.64. The molecule has 0 aliphatic carbocycles. The highest BCUT2D eigenvalue weighted by Gasteiger charge is 2.15. The highest BCUT2D eigenvalue weighted by atomic mass is 19.3. The molecule has 0 radical (unpaired) electrons. The average molecular weight is 297 g/mol. The Balaban J connectivity index is 2.41. The number of nitrogens with one attached hydrogen (secondary N) is 1. The van der Waals surface area contributed by atoms with E-state index in [-0.39, 0.29) is 5.56 Å². The number of benzene rings is 1. The van der Waals surface area contributed by atoms with Crippen LogP contribution in [-0.4, -0.2) is 18.2 Å². The highest BCUT2D eigenvalue weighted by molar-refractivity contribution is 5.67. The van der Waals surface area contributed by atoms with Gasteiger partial charge >= 0.3 is 6.09 Å². The zero-order valence-electron chi connectivity index (χ0n) is 12.5. The normalized spacial score (nSPS) is 11.9. The number of halogens is 2. The first-order chi connectivity index (χ1) is 9.79. The third-order valence-electron chi connectivity index (χ3n) is 2.51. The summed E-state index contributed by atoms with van der Waals surface area (Å²) < 4.78 is 30.6. The Kier molecular flexibility index (Phi) is 6.34. The van der Waals surface area contributed by atoms with Gasteiger partial charge in [-0.25, -0.2) is 13.6 Å². The summed E-state index contributed by atoms with van der Waals surface area (Å²) in [5.74, 6) is 0. The van der Waals surface area contributed by atoms with Crippen LogP contribution in [-0.2, 0) is 4.74 Å². The van der Waals surface area contributed by atoms with Crippen molar-refractivity contribution < 1.29 is 18.3 Å². The molecule has 5 heteroatoms. The van der Waals surface area contributed by atoms with E-state index in [1.54, 1.807) is 51.1 Å². The second kappa shape index (κ2) is 7.76. The van der Waals surface area contributed by atoms with E-state index in [9.17, 15) is 13.6 Å². The Labute approximate surface area is 124 Å². The number of carbonyl (C=O) groups excluding carboxylic acids is 1. The van der Waals surface area contributed by atoms with Crippen molar-refractivity contribution in [3.05, 3.63) is 41.5 Å². The molecule has 1 aromatic carbocycles. The van der Waals surface area contributed by atoms with Crippen LogP contribution in [0.3, 0.4) is 0 Å². The summed E-state index contributed by atoms with van der Waals surface area (Å²) in [6.45, 7) is 5.75. The van der Waals surface area contributed by atoms with Crippen molar-refractivity contribution in [3.8, 4) is 0 Å². The molecule has 0 saturated heterocycles. The summed E-state index contributed by atoms with van der Waals surface area (Å²) in [5, 5.41) is 2.60. The Bertz CT molecular complexity index is 493. The molecule has 0 unspecified atom stereocenters. The maximum absolute atomic E-state index is 12.8. The predicted molar refractivity (Wildman–Crippen MR) is 79.3 cm³/mol. The lowest BCUT2D eigenvalue weighted by molar-refractivity contribution is 0.0529. The summed E-state index contributed by atoms with van der Waals surface area (Å²) in [4.78, 5) is 11.4. The quantitative estimate of drug-likeness (QED) is 0.810. The Morgan fingerprint density at radius 3 is 2.62 bits per heavy atom. The van der Waals surface area contributed by atoms with Gasteiger partial charge in [0, 0.05) is 12.1 Å². The van der Waals surface area contributed by atoms with E-state index in [2.05, 4.69) is 5.32 Å². The molecule has 0 aromatic heterocycles. The lowest BCUT2D eigenvalue weighted by Gasteiger charge is -2.19. The maximum Gasteiger partial charge on any atom is 0.407 e. The third kappa shape index (κ3) is 6.88. The number of rotatable bonds is 5. The van der Waals surface area contributed by atoms with E-state index in [0.29, 0.717) is 18.5 Å². The summed E-state index contributed by atoms with van der Waals surface area (Å²) in [7, 11) is 0. The van der Waals surface area contributed by atoms with Crippen molar-refractivity contribution in [2.75, 3.05) is 6.54 Å². The summed E-state index contributed by atoms with van der Waals surface area (Å²) in [5.41, 5.74) is -0.0329. The number of hydrogen-bond acceptors (Lipinski definition) is 2. The monoisotopic (exact) mass is 297 g/mol. The molecule has 1 N–H and O–H groups in total. The molecule has 0 aliphatic heterocycles. The maximum atomic E-state index is 12.8. The van der Waals surface area contributed by atoms with Crippen LogP contribution < -0.4 is 5.32 Å². The Hall–Kier alpha value is -1.91. The molecule has 0 bridgehead atoms. The largest absolute Gasteiger partial charge is 0.444 e. The molecule has 1 rings (SSSR count). The number of ether oxygens (including phenoxy) is 1. The van der Waals surface area contributed by atoms with Gasteiger partial charge in [-0.05, 0) is 32.8 Å². The van der Waals surface area contributed by atoms with Crippen LogP contribution in [0.15, 0.2) is 30.3 Å². The Morgan fingerprint density at radius 1 is 1.33 bits per heavy atom. The highest BCUT2D eigenvalue weighted by Crippen LogP contribution is 2.23. The van der Waals surface area contributed by atoms with Gasteiger partial charge in [0.25, 0.3) is 6.43 Å². The van der Waals surface area contributed by atoms with Gasteiger partial charge in [0.05, 0.1) is 0 Å². The van der Waals surface area contributed by atoms with Crippen molar-refractivity contribution in [1.82, 2.24) is 5.32 Å². The fourth-order valence-electron chi connectivity index (χ4n) is 1.64. The molecule has 0 aliphatic rings. The zero-order chi connectivity index (χ0) is 15.9. The van der Waals surface area contributed by atoms with Crippen molar-refractivity contribution >= 4 is 12.2 Å². The van der Waals surface area contributed by atoms with Crippen LogP contribution in [0.25, 0.3) is 6.08 Å². The van der Waals surface area contributed by atoms with Crippen molar-refractivity contribution in [2.45, 2.75) is 39.2 Å². The van der Waals surface area contributed by atoms with Gasteiger partial charge in [-0.2, -0.15) is 0 Å². The minimum Gasteiger partial charge on any atom is -0.444 e. The van der Waals surface area contributed by atoms with E-state index in [4.69, 9.17) is 4.74 Å². The van der Waals surface area contributed by atoms with Crippen molar-refractivity contribution in [2.24, 2.45) is 0 Å². The van der Waals surface area contributed by atoms with Crippen LogP contribution in [0.2, 0.25) is 0 Å². The molecule has 0 fully saturated rings. The first-order valence-electron chi connectivity index (χ1n) is 6.80. The summed E-state index contributed by atoms with van der Waals surface area (Å²) >= 11 is 0. The van der Waals surface area contributed by atoms with Gasteiger partial charge in [-0.1, -0.05) is 36.4 Å². The molecule has 116 valence electrons. The first-order valence-corrected chi connectivity index (χ1v) is 6.80. The van der Waals surface area contributed by atoms with Crippen LogP contribution in [0.5, 0.6) is 0 Å². The molecule has 21 heavy (non-hydrogen) atoms. The summed E-state index contributed by atoms with van der Waals surface area (Å²) in [6, 6.07) is 6.34. The SMILES string of the molecule is CC(C)(C)OC(=O)NCCC=Cc1ccccc1C(F)F. The van der Waals surface area contributed by atoms with E-state index in [1.165, 1.54) is 6.07 Å². The van der Waals surface area contributed by atoms with Crippen molar-refractivity contribution in [3.63, 3.8) is 0 Å². The average Bonchev–Trinajstić information content (AvgIpc) is 2.36. The molecule has 0 saturated carbocycles. The molecule has 0 heterocycles. The molecule has 1 amide bonds. The predicted octanol–water partition coefficient (Wildman–Crippen LogP) is 4.55. The van der Waals surface area contributed by atoms with E-state index < -0.39 is 18.1 Å². The second-order valence-electron chi connectivity index (χ2n) is 5.55. The number of amides is 1. The van der Waals surface area contributed by atoms with Gasteiger partial charge in [-0.3, -0.25) is 0 Å². The third-order valence-corrected chi connectivity index (χ3v) is 2.51. The van der Waals surface area contributed by atoms with Gasteiger partial charge in [-0.15, -0.1) is 0 Å². The van der Waals surface area contributed by atoms with Gasteiger partial charge in [0.15, 0.2) is 0 Å². The van der Waals surface area contributed by atoms with Crippen LogP contribution in [0.4, 0.5) is 13.6 Å². The van der Waals surface area contributed by atoms with E-state index in [0.717, 1.165) is 0 Å². The van der Waals surface area contributed by atoms with E-state index in [1.807, 2.05) is 0 Å². The first kappa shape index (κ1) is 17.1. The minimum atomic E-state index is -2.49. The van der Waals surface area contributed by atoms with Gasteiger partial charge in [0.2, 0.25) is 0 Å². The standard InChI is InChI=1S/C16H21F2NO2/c1-16(2,3)21-15(20)19-11-7-6-9-12-8-4-5-10-13(12)14(17)18/h4-6,8-10,14H,7,11H2,1-3H3,(H,19,20). The fraction of sp³-hybridized carbons (Fsp3) is 0.438. The lowest BCUT2D eigenvalue weighted by Crippen LogP contribution is -2.32. The number of hydrogen-bond donors (Lipinski definition) is 1. The minimum absolute atomic E-state index is 0.00820. The molecule has 0 spiro atoms. The smallest absolute Gasteiger partial charge is 0.407 e. The van der Waals surface area contributed by atoms with Crippen LogP contribution in [0, 0.1) is 0 Å². The Morgan fingerprint density at radius 2 is 2.00 bits per heavy atom. The van der Waals surface area contributed by atoms with Crippen LogP contribution >= 0.6 is 0 Å². The molecule has 1 aromatic rings.